The van der Waals surface area contributed by atoms with Gasteiger partial charge in [0, 0.05) is 16.8 Å². The predicted molar refractivity (Wildman–Crippen MR) is 91.3 cm³/mol. The molecular weight excluding hydrogens is 298 g/mol. The Kier molecular flexibility index (Phi) is 6.04. The standard InChI is InChI=1S/C18H18ClNO2/c1-2-13-22-16-10-8-15(9-11-16)20-18(21)12-7-14-5-3-4-6-17(14)19/h3-12H,2,13H2,1H3,(H,20,21)/b12-7+. The van der Waals surface area contributed by atoms with Crippen molar-refractivity contribution in [3.8, 4) is 5.75 Å². The van der Waals surface area contributed by atoms with E-state index in [0.29, 0.717) is 11.6 Å². The quantitative estimate of drug-likeness (QED) is 0.779. The van der Waals surface area contributed by atoms with Crippen molar-refractivity contribution in [2.24, 2.45) is 0 Å². The molecule has 0 atom stereocenters. The second-order valence-electron chi connectivity index (χ2n) is 4.72. The lowest BCUT2D eigenvalue weighted by Crippen LogP contribution is -2.07. The molecule has 2 aromatic rings. The van der Waals surface area contributed by atoms with E-state index >= 15 is 0 Å². The van der Waals surface area contributed by atoms with Crippen LogP contribution in [0.4, 0.5) is 5.69 Å². The van der Waals surface area contributed by atoms with Crippen LogP contribution in [0.3, 0.4) is 0 Å². The molecule has 0 aliphatic rings. The molecule has 0 aromatic heterocycles. The fraction of sp³-hybridized carbons (Fsp3) is 0.167. The van der Waals surface area contributed by atoms with Gasteiger partial charge in [0.2, 0.25) is 5.91 Å². The van der Waals surface area contributed by atoms with Crippen LogP contribution in [0.2, 0.25) is 5.02 Å². The van der Waals surface area contributed by atoms with E-state index in [1.807, 2.05) is 42.5 Å². The first-order valence-electron chi connectivity index (χ1n) is 7.15. The fourth-order valence-corrected chi connectivity index (χ4v) is 2.01. The zero-order chi connectivity index (χ0) is 15.8. The largest absolute Gasteiger partial charge is 0.494 e. The van der Waals surface area contributed by atoms with Gasteiger partial charge in [0.15, 0.2) is 0 Å². The van der Waals surface area contributed by atoms with Crippen molar-refractivity contribution in [2.75, 3.05) is 11.9 Å². The average Bonchev–Trinajstić information content (AvgIpc) is 2.53. The van der Waals surface area contributed by atoms with Crippen LogP contribution >= 0.6 is 11.6 Å². The van der Waals surface area contributed by atoms with Gasteiger partial charge in [0.25, 0.3) is 0 Å². The molecule has 3 nitrogen and oxygen atoms in total. The number of benzene rings is 2. The minimum atomic E-state index is -0.206. The lowest BCUT2D eigenvalue weighted by Gasteiger charge is -2.06. The molecule has 0 aliphatic carbocycles. The van der Waals surface area contributed by atoms with Crippen LogP contribution < -0.4 is 10.1 Å². The summed E-state index contributed by atoms with van der Waals surface area (Å²) in [5, 5.41) is 3.41. The lowest BCUT2D eigenvalue weighted by atomic mass is 10.2. The number of halogens is 1. The summed E-state index contributed by atoms with van der Waals surface area (Å²) in [6.45, 7) is 2.74. The second-order valence-corrected chi connectivity index (χ2v) is 5.12. The normalized spacial score (nSPS) is 10.6. The molecule has 0 saturated heterocycles. The molecule has 114 valence electrons. The molecule has 4 heteroatoms. The molecule has 0 radical (unpaired) electrons. The molecule has 0 saturated carbocycles. The zero-order valence-corrected chi connectivity index (χ0v) is 13.1. The van der Waals surface area contributed by atoms with Gasteiger partial charge in [-0.25, -0.2) is 0 Å². The highest BCUT2D eigenvalue weighted by Gasteiger charge is 2.00. The number of ether oxygens (including phenoxy) is 1. The van der Waals surface area contributed by atoms with Crippen LogP contribution in [0.15, 0.2) is 54.6 Å². The summed E-state index contributed by atoms with van der Waals surface area (Å²) < 4.78 is 5.49. The van der Waals surface area contributed by atoms with Gasteiger partial charge in [0.05, 0.1) is 6.61 Å². The highest BCUT2D eigenvalue weighted by atomic mass is 35.5. The van der Waals surface area contributed by atoms with Crippen molar-refractivity contribution in [3.63, 3.8) is 0 Å². The van der Waals surface area contributed by atoms with Crippen molar-refractivity contribution in [1.82, 2.24) is 0 Å². The molecule has 0 aliphatic heterocycles. The third kappa shape index (κ3) is 4.93. The van der Waals surface area contributed by atoms with Gasteiger partial charge in [-0.1, -0.05) is 36.7 Å². The smallest absolute Gasteiger partial charge is 0.248 e. The second kappa shape index (κ2) is 8.25. The van der Waals surface area contributed by atoms with Crippen molar-refractivity contribution in [3.05, 3.63) is 65.2 Å². The fourth-order valence-electron chi connectivity index (χ4n) is 1.81. The highest BCUT2D eigenvalue weighted by Crippen LogP contribution is 2.17. The summed E-state index contributed by atoms with van der Waals surface area (Å²) in [5.74, 6) is 0.591. The number of rotatable bonds is 6. The molecule has 0 bridgehead atoms. The van der Waals surface area contributed by atoms with Gasteiger partial charge in [-0.2, -0.15) is 0 Å². The number of hydrogen-bond acceptors (Lipinski definition) is 2. The number of nitrogens with one attached hydrogen (secondary N) is 1. The first-order valence-corrected chi connectivity index (χ1v) is 7.53. The van der Waals surface area contributed by atoms with Crippen LogP contribution in [0.1, 0.15) is 18.9 Å². The van der Waals surface area contributed by atoms with E-state index in [4.69, 9.17) is 16.3 Å². The Morgan fingerprint density at radius 1 is 1.18 bits per heavy atom. The van der Waals surface area contributed by atoms with Crippen LogP contribution in [-0.2, 0) is 4.79 Å². The van der Waals surface area contributed by atoms with Crippen molar-refractivity contribution in [2.45, 2.75) is 13.3 Å². The van der Waals surface area contributed by atoms with E-state index in [1.165, 1.54) is 6.08 Å². The minimum absolute atomic E-state index is 0.206. The molecule has 2 rings (SSSR count). The van der Waals surface area contributed by atoms with Crippen molar-refractivity contribution >= 4 is 29.3 Å². The van der Waals surface area contributed by atoms with Crippen molar-refractivity contribution < 1.29 is 9.53 Å². The van der Waals surface area contributed by atoms with Gasteiger partial charge < -0.3 is 10.1 Å². The van der Waals surface area contributed by atoms with Crippen molar-refractivity contribution in [1.29, 1.82) is 0 Å². The van der Waals surface area contributed by atoms with E-state index < -0.39 is 0 Å². The summed E-state index contributed by atoms with van der Waals surface area (Å²) in [6.07, 6.45) is 4.12. The number of hydrogen-bond donors (Lipinski definition) is 1. The zero-order valence-electron chi connectivity index (χ0n) is 12.4. The van der Waals surface area contributed by atoms with Gasteiger partial charge in [-0.05, 0) is 48.4 Å². The maximum Gasteiger partial charge on any atom is 0.248 e. The molecular formula is C18H18ClNO2. The minimum Gasteiger partial charge on any atom is -0.494 e. The van der Waals surface area contributed by atoms with Crippen LogP contribution in [0.5, 0.6) is 5.75 Å². The van der Waals surface area contributed by atoms with Gasteiger partial charge in [-0.15, -0.1) is 0 Å². The monoisotopic (exact) mass is 315 g/mol. The molecule has 1 N–H and O–H groups in total. The number of amides is 1. The summed E-state index contributed by atoms with van der Waals surface area (Å²) >= 11 is 6.03. The Bertz CT molecular complexity index is 650. The molecule has 22 heavy (non-hydrogen) atoms. The van der Waals surface area contributed by atoms with E-state index in [9.17, 15) is 4.79 Å². The first kappa shape index (κ1) is 16.1. The van der Waals surface area contributed by atoms with Crippen LogP contribution in [0, 0.1) is 0 Å². The van der Waals surface area contributed by atoms with Crippen LogP contribution in [-0.4, -0.2) is 12.5 Å². The first-order chi connectivity index (χ1) is 10.7. The van der Waals surface area contributed by atoms with Crippen LogP contribution in [0.25, 0.3) is 6.08 Å². The Labute approximate surface area is 135 Å². The third-order valence-electron chi connectivity index (χ3n) is 2.91. The topological polar surface area (TPSA) is 38.3 Å². The Morgan fingerprint density at radius 3 is 2.59 bits per heavy atom. The maximum atomic E-state index is 11.9. The molecule has 0 heterocycles. The lowest BCUT2D eigenvalue weighted by molar-refractivity contribution is -0.111. The predicted octanol–water partition coefficient (Wildman–Crippen LogP) is 4.78. The van der Waals surface area contributed by atoms with E-state index in [1.54, 1.807) is 12.1 Å². The average molecular weight is 316 g/mol. The van der Waals surface area contributed by atoms with Gasteiger partial charge in [0.1, 0.15) is 5.75 Å². The molecule has 0 unspecified atom stereocenters. The SMILES string of the molecule is CCCOc1ccc(NC(=O)/C=C/c2ccccc2Cl)cc1. The summed E-state index contributed by atoms with van der Waals surface area (Å²) in [5.41, 5.74) is 1.53. The van der Waals surface area contributed by atoms with Gasteiger partial charge >= 0.3 is 0 Å². The molecule has 1 amide bonds. The summed E-state index contributed by atoms with van der Waals surface area (Å²) in [4.78, 5) is 11.9. The Morgan fingerprint density at radius 2 is 1.91 bits per heavy atom. The highest BCUT2D eigenvalue weighted by molar-refractivity contribution is 6.32. The molecule has 0 spiro atoms. The Hall–Kier alpha value is -2.26. The molecule has 0 fully saturated rings. The number of carbonyl (C=O) groups is 1. The third-order valence-corrected chi connectivity index (χ3v) is 3.26. The number of anilines is 1. The summed E-state index contributed by atoms with van der Waals surface area (Å²) in [6, 6.07) is 14.7. The molecule has 2 aromatic carbocycles. The van der Waals surface area contributed by atoms with Gasteiger partial charge in [-0.3, -0.25) is 4.79 Å². The van der Waals surface area contributed by atoms with E-state index in [2.05, 4.69) is 12.2 Å². The van der Waals surface area contributed by atoms with E-state index in [-0.39, 0.29) is 5.91 Å². The van der Waals surface area contributed by atoms with E-state index in [0.717, 1.165) is 23.4 Å². The maximum absolute atomic E-state index is 11.9. The Balaban J connectivity index is 1.93. The number of carbonyl (C=O) groups excluding carboxylic acids is 1. The summed E-state index contributed by atoms with van der Waals surface area (Å²) in [7, 11) is 0.